The molecule has 0 aromatic heterocycles. The van der Waals surface area contributed by atoms with Gasteiger partial charge in [-0.25, -0.2) is 4.79 Å². The number of carbonyl (C=O) groups excluding carboxylic acids is 2. The lowest BCUT2D eigenvalue weighted by atomic mass is 9.90. The maximum atomic E-state index is 12.3. The second-order valence-electron chi connectivity index (χ2n) is 6.65. The first-order valence-corrected chi connectivity index (χ1v) is 8.51. The van der Waals surface area contributed by atoms with Gasteiger partial charge in [-0.15, -0.1) is 0 Å². The lowest BCUT2D eigenvalue weighted by Gasteiger charge is -2.38. The van der Waals surface area contributed by atoms with E-state index >= 15 is 0 Å². The van der Waals surface area contributed by atoms with E-state index in [-0.39, 0.29) is 23.8 Å². The molecule has 5 heteroatoms. The second-order valence-corrected chi connectivity index (χ2v) is 6.65. The normalized spacial score (nSPS) is 14.9. The van der Waals surface area contributed by atoms with E-state index in [9.17, 15) is 9.59 Å². The van der Waals surface area contributed by atoms with Gasteiger partial charge in [0.15, 0.2) is 0 Å². The van der Waals surface area contributed by atoms with Gasteiger partial charge in [0.2, 0.25) is 0 Å². The zero-order chi connectivity index (χ0) is 18.8. The van der Waals surface area contributed by atoms with E-state index in [0.29, 0.717) is 6.42 Å². The van der Waals surface area contributed by atoms with Gasteiger partial charge in [0.05, 0.1) is 12.1 Å². The lowest BCUT2D eigenvalue weighted by molar-refractivity contribution is -0.121. The standard InChI is InChI=1S/C16H31NO4.C2H6/c1-9-11(2)14(13(20-8)10-12(3)18)17(7)15(19)21-16(4,5)6;1-2/h11,13-14H,9-10H2,1-8H3;1-2H3/t11-,13?,14?;/m0./s1. The molecule has 0 fully saturated rings. The second kappa shape index (κ2) is 11.4. The molecule has 0 rings (SSSR count). The fraction of sp³-hybridized carbons (Fsp3) is 0.889. The average Bonchev–Trinajstić information content (AvgIpc) is 2.45. The Hall–Kier alpha value is -1.10. The first kappa shape index (κ1) is 24.2. The van der Waals surface area contributed by atoms with Crippen molar-refractivity contribution in [2.75, 3.05) is 14.2 Å². The van der Waals surface area contributed by atoms with Gasteiger partial charge in [0.25, 0.3) is 0 Å². The Bertz CT molecular complexity index is 349. The van der Waals surface area contributed by atoms with Crippen LogP contribution in [0.1, 0.15) is 68.2 Å². The summed E-state index contributed by atoms with van der Waals surface area (Å²) in [5.41, 5.74) is -0.547. The molecular weight excluding hydrogens is 294 g/mol. The van der Waals surface area contributed by atoms with Gasteiger partial charge in [-0.05, 0) is 33.6 Å². The molecule has 0 aromatic carbocycles. The van der Waals surface area contributed by atoms with Crippen LogP contribution in [0, 0.1) is 5.92 Å². The number of nitrogens with zero attached hydrogens (tertiary/aromatic N) is 1. The Morgan fingerprint density at radius 2 is 1.65 bits per heavy atom. The van der Waals surface area contributed by atoms with E-state index in [2.05, 4.69) is 13.8 Å². The maximum Gasteiger partial charge on any atom is 0.410 e. The zero-order valence-corrected chi connectivity index (χ0v) is 16.7. The summed E-state index contributed by atoms with van der Waals surface area (Å²) < 4.78 is 10.9. The number of hydrogen-bond acceptors (Lipinski definition) is 4. The van der Waals surface area contributed by atoms with Crippen molar-refractivity contribution in [3.63, 3.8) is 0 Å². The van der Waals surface area contributed by atoms with E-state index in [1.807, 2.05) is 34.6 Å². The van der Waals surface area contributed by atoms with Crippen molar-refractivity contribution in [2.24, 2.45) is 5.92 Å². The molecule has 23 heavy (non-hydrogen) atoms. The van der Waals surface area contributed by atoms with Crippen LogP contribution in [0.25, 0.3) is 0 Å². The minimum absolute atomic E-state index is 0.0488. The molecule has 0 radical (unpaired) electrons. The predicted molar refractivity (Wildman–Crippen MR) is 94.7 cm³/mol. The molecule has 0 aliphatic rings. The number of carbonyl (C=O) groups is 2. The SMILES string of the molecule is CC.CC[C@H](C)C(C(CC(C)=O)OC)N(C)C(=O)OC(C)(C)C. The molecule has 0 heterocycles. The van der Waals surface area contributed by atoms with Crippen LogP contribution in [0.4, 0.5) is 4.79 Å². The maximum absolute atomic E-state index is 12.3. The molecule has 3 atom stereocenters. The highest BCUT2D eigenvalue weighted by molar-refractivity contribution is 5.76. The van der Waals surface area contributed by atoms with Crippen LogP contribution in [0.2, 0.25) is 0 Å². The van der Waals surface area contributed by atoms with Crippen molar-refractivity contribution in [3.05, 3.63) is 0 Å². The lowest BCUT2D eigenvalue weighted by Crippen LogP contribution is -2.51. The highest BCUT2D eigenvalue weighted by Gasteiger charge is 2.35. The van der Waals surface area contributed by atoms with E-state index in [1.165, 1.54) is 6.92 Å². The van der Waals surface area contributed by atoms with Gasteiger partial charge in [-0.2, -0.15) is 0 Å². The zero-order valence-electron chi connectivity index (χ0n) is 16.7. The summed E-state index contributed by atoms with van der Waals surface area (Å²) in [7, 11) is 3.28. The number of likely N-dealkylation sites (N-methyl/N-ethyl adjacent to an activating group) is 1. The van der Waals surface area contributed by atoms with Gasteiger partial charge in [-0.1, -0.05) is 34.1 Å². The summed E-state index contributed by atoms with van der Waals surface area (Å²) in [5.74, 6) is 0.250. The fourth-order valence-corrected chi connectivity index (χ4v) is 2.32. The number of amides is 1. The molecule has 0 aromatic rings. The molecule has 0 bridgehead atoms. The first-order chi connectivity index (χ1) is 10.5. The monoisotopic (exact) mass is 331 g/mol. The molecule has 0 aliphatic heterocycles. The molecule has 1 amide bonds. The first-order valence-electron chi connectivity index (χ1n) is 8.51. The van der Waals surface area contributed by atoms with Crippen molar-refractivity contribution in [1.29, 1.82) is 0 Å². The Kier molecular flexibility index (Phi) is 12.0. The van der Waals surface area contributed by atoms with Gasteiger partial charge in [-0.3, -0.25) is 4.79 Å². The van der Waals surface area contributed by atoms with Crippen molar-refractivity contribution in [3.8, 4) is 0 Å². The number of ketones is 1. The number of rotatable bonds is 7. The molecule has 0 spiro atoms. The van der Waals surface area contributed by atoms with E-state index in [4.69, 9.17) is 9.47 Å². The molecule has 5 nitrogen and oxygen atoms in total. The fourth-order valence-electron chi connectivity index (χ4n) is 2.32. The molecule has 2 unspecified atom stereocenters. The Balaban J connectivity index is 0. The molecule has 0 saturated carbocycles. The predicted octanol–water partition coefficient (Wildman–Crippen LogP) is 4.29. The summed E-state index contributed by atoms with van der Waals surface area (Å²) >= 11 is 0. The summed E-state index contributed by atoms with van der Waals surface area (Å²) in [5, 5.41) is 0. The minimum atomic E-state index is -0.547. The average molecular weight is 331 g/mol. The van der Waals surface area contributed by atoms with E-state index in [0.717, 1.165) is 6.42 Å². The third kappa shape index (κ3) is 9.59. The van der Waals surface area contributed by atoms with Crippen molar-refractivity contribution in [2.45, 2.75) is 86.0 Å². The largest absolute Gasteiger partial charge is 0.444 e. The van der Waals surface area contributed by atoms with Crippen LogP contribution >= 0.6 is 0 Å². The quantitative estimate of drug-likeness (QED) is 0.698. The summed E-state index contributed by atoms with van der Waals surface area (Å²) in [6.45, 7) is 15.1. The van der Waals surface area contributed by atoms with Crippen LogP contribution in [-0.2, 0) is 14.3 Å². The molecular formula is C18H37NO4. The summed E-state index contributed by atoms with van der Waals surface area (Å²) in [6, 6.07) is -0.196. The molecule has 0 saturated heterocycles. The summed E-state index contributed by atoms with van der Waals surface area (Å²) in [6.07, 6.45) is 0.460. The van der Waals surface area contributed by atoms with Crippen LogP contribution in [-0.4, -0.2) is 48.7 Å². The van der Waals surface area contributed by atoms with E-state index < -0.39 is 11.7 Å². The van der Waals surface area contributed by atoms with Crippen molar-refractivity contribution in [1.82, 2.24) is 4.90 Å². The Morgan fingerprint density at radius 1 is 1.17 bits per heavy atom. The van der Waals surface area contributed by atoms with Crippen LogP contribution < -0.4 is 0 Å². The molecule has 0 N–H and O–H groups in total. The highest BCUT2D eigenvalue weighted by Crippen LogP contribution is 2.23. The Labute approximate surface area is 142 Å². The highest BCUT2D eigenvalue weighted by atomic mass is 16.6. The van der Waals surface area contributed by atoms with Gasteiger partial charge >= 0.3 is 6.09 Å². The van der Waals surface area contributed by atoms with E-state index in [1.54, 1.807) is 19.1 Å². The number of Topliss-reactive ketones (excluding diaryl/α,β-unsaturated/α-hetero) is 1. The van der Waals surface area contributed by atoms with Crippen LogP contribution in [0.15, 0.2) is 0 Å². The number of hydrogen-bond donors (Lipinski definition) is 0. The topological polar surface area (TPSA) is 55.8 Å². The van der Waals surface area contributed by atoms with Crippen LogP contribution in [0.3, 0.4) is 0 Å². The minimum Gasteiger partial charge on any atom is -0.444 e. The smallest absolute Gasteiger partial charge is 0.410 e. The molecule has 0 aliphatic carbocycles. The van der Waals surface area contributed by atoms with Gasteiger partial charge in [0, 0.05) is 20.6 Å². The third-order valence-corrected chi connectivity index (χ3v) is 3.53. The van der Waals surface area contributed by atoms with Crippen molar-refractivity contribution >= 4 is 11.9 Å². The van der Waals surface area contributed by atoms with Gasteiger partial charge < -0.3 is 14.4 Å². The molecule has 138 valence electrons. The van der Waals surface area contributed by atoms with Crippen LogP contribution in [0.5, 0.6) is 0 Å². The summed E-state index contributed by atoms with van der Waals surface area (Å²) in [4.78, 5) is 25.3. The van der Waals surface area contributed by atoms with Crippen molar-refractivity contribution < 1.29 is 19.1 Å². The number of methoxy groups -OCH3 is 1. The van der Waals surface area contributed by atoms with Gasteiger partial charge in [0.1, 0.15) is 11.4 Å². The Morgan fingerprint density at radius 3 is 1.96 bits per heavy atom. The number of ether oxygens (including phenoxy) is 2. The third-order valence-electron chi connectivity index (χ3n) is 3.53.